The molecule has 0 radical (unpaired) electrons. The first kappa shape index (κ1) is 13.5. The highest BCUT2D eigenvalue weighted by atomic mass is 35.5. The molecule has 1 aromatic rings. The molecule has 1 aliphatic rings. The van der Waals surface area contributed by atoms with Crippen molar-refractivity contribution in [3.05, 3.63) is 28.2 Å². The minimum Gasteiger partial charge on any atom is -0.466 e. The third-order valence-electron chi connectivity index (χ3n) is 2.75. The number of anilines is 1. The fourth-order valence-electron chi connectivity index (χ4n) is 1.86. The lowest BCUT2D eigenvalue weighted by Gasteiger charge is -2.19. The Hall–Kier alpha value is -0.970. The smallest absolute Gasteiger partial charge is 0.312 e. The normalized spacial score (nSPS) is 19.1. The van der Waals surface area contributed by atoms with Crippen molar-refractivity contribution in [2.75, 3.05) is 24.7 Å². The number of benzene rings is 1. The van der Waals surface area contributed by atoms with Crippen molar-refractivity contribution in [1.29, 1.82) is 0 Å². The van der Waals surface area contributed by atoms with Gasteiger partial charge in [0.25, 0.3) is 0 Å². The van der Waals surface area contributed by atoms with Gasteiger partial charge in [0, 0.05) is 18.1 Å². The number of hydrazine groups is 1. The summed E-state index contributed by atoms with van der Waals surface area (Å²) >= 11 is 12.0. The largest absolute Gasteiger partial charge is 0.466 e. The minimum atomic E-state index is -0.189. The number of nitrogens with one attached hydrogen (secondary N) is 1. The van der Waals surface area contributed by atoms with E-state index in [1.54, 1.807) is 25.1 Å². The molecule has 0 saturated carbocycles. The first-order valence-corrected chi connectivity index (χ1v) is 6.50. The van der Waals surface area contributed by atoms with E-state index in [1.165, 1.54) is 0 Å². The molecule has 1 fully saturated rings. The van der Waals surface area contributed by atoms with E-state index in [0.29, 0.717) is 29.7 Å². The van der Waals surface area contributed by atoms with E-state index in [2.05, 4.69) is 5.43 Å². The number of nitrogens with zero attached hydrogens (tertiary/aromatic N) is 1. The molecule has 4 nitrogen and oxygen atoms in total. The van der Waals surface area contributed by atoms with Gasteiger partial charge in [-0.25, -0.2) is 5.43 Å². The number of carbonyl (C=O) groups excluding carboxylic acids is 1. The lowest BCUT2D eigenvalue weighted by Crippen LogP contribution is -2.30. The second-order valence-electron chi connectivity index (χ2n) is 4.02. The molecule has 0 spiro atoms. The van der Waals surface area contributed by atoms with Crippen LogP contribution >= 0.6 is 23.2 Å². The number of rotatable bonds is 3. The Labute approximate surface area is 116 Å². The molecular weight excluding hydrogens is 275 g/mol. The Kier molecular flexibility index (Phi) is 4.32. The summed E-state index contributed by atoms with van der Waals surface area (Å²) in [6, 6.07) is 5.23. The third kappa shape index (κ3) is 2.88. The van der Waals surface area contributed by atoms with Crippen LogP contribution in [0.25, 0.3) is 0 Å². The van der Waals surface area contributed by atoms with Crippen molar-refractivity contribution in [2.45, 2.75) is 6.92 Å². The lowest BCUT2D eigenvalue weighted by molar-refractivity contribution is -0.146. The number of hydrogen-bond donors (Lipinski definition) is 1. The summed E-state index contributed by atoms with van der Waals surface area (Å²) in [4.78, 5) is 11.6. The summed E-state index contributed by atoms with van der Waals surface area (Å²) < 4.78 is 5.00. The maximum Gasteiger partial charge on any atom is 0.312 e. The Balaban J connectivity index is 2.08. The van der Waals surface area contributed by atoms with Crippen LogP contribution in [-0.2, 0) is 9.53 Å². The van der Waals surface area contributed by atoms with Crippen LogP contribution in [0.2, 0.25) is 10.0 Å². The van der Waals surface area contributed by atoms with E-state index in [1.807, 2.05) is 5.01 Å². The molecule has 0 bridgehead atoms. The van der Waals surface area contributed by atoms with Gasteiger partial charge < -0.3 is 9.75 Å². The number of esters is 1. The molecule has 1 unspecified atom stereocenters. The molecule has 2 rings (SSSR count). The summed E-state index contributed by atoms with van der Waals surface area (Å²) in [6.45, 7) is 3.26. The van der Waals surface area contributed by atoms with Gasteiger partial charge in [0.2, 0.25) is 0 Å². The number of ether oxygens (including phenoxy) is 1. The first-order chi connectivity index (χ1) is 8.61. The van der Waals surface area contributed by atoms with Crippen molar-refractivity contribution >= 4 is 34.9 Å². The SMILES string of the molecule is CCOC(=O)C1CNN(c2cc(Cl)ccc2Cl)C1. The highest BCUT2D eigenvalue weighted by Gasteiger charge is 2.30. The van der Waals surface area contributed by atoms with Gasteiger partial charge in [-0.3, -0.25) is 4.79 Å². The molecule has 1 saturated heterocycles. The molecule has 1 heterocycles. The number of carbonyl (C=O) groups is 1. The van der Waals surface area contributed by atoms with Gasteiger partial charge in [-0.2, -0.15) is 0 Å². The number of halogens is 2. The summed E-state index contributed by atoms with van der Waals surface area (Å²) in [5.41, 5.74) is 3.89. The van der Waals surface area contributed by atoms with Crippen molar-refractivity contribution < 1.29 is 9.53 Å². The molecule has 18 heavy (non-hydrogen) atoms. The number of hydrogen-bond acceptors (Lipinski definition) is 4. The second-order valence-corrected chi connectivity index (χ2v) is 4.86. The average Bonchev–Trinajstić information content (AvgIpc) is 2.82. The fourth-order valence-corrected chi connectivity index (χ4v) is 2.25. The van der Waals surface area contributed by atoms with Crippen LogP contribution in [0.15, 0.2) is 18.2 Å². The molecule has 0 aliphatic carbocycles. The zero-order valence-electron chi connectivity index (χ0n) is 9.95. The predicted molar refractivity (Wildman–Crippen MR) is 71.9 cm³/mol. The Morgan fingerprint density at radius 1 is 1.56 bits per heavy atom. The third-order valence-corrected chi connectivity index (χ3v) is 3.31. The molecule has 1 N–H and O–H groups in total. The molecule has 98 valence electrons. The van der Waals surface area contributed by atoms with Gasteiger partial charge >= 0.3 is 5.97 Å². The lowest BCUT2D eigenvalue weighted by atomic mass is 10.1. The van der Waals surface area contributed by atoms with Crippen LogP contribution in [0.5, 0.6) is 0 Å². The molecule has 0 amide bonds. The average molecular weight is 289 g/mol. The van der Waals surface area contributed by atoms with Crippen molar-refractivity contribution in [3.63, 3.8) is 0 Å². The standard InChI is InChI=1S/C12H14Cl2N2O2/c1-2-18-12(17)8-6-15-16(7-8)11-5-9(13)3-4-10(11)14/h3-5,8,15H,2,6-7H2,1H3. The highest BCUT2D eigenvalue weighted by molar-refractivity contribution is 6.35. The van der Waals surface area contributed by atoms with Gasteiger partial charge in [0.15, 0.2) is 0 Å². The predicted octanol–water partition coefficient (Wildman–Crippen LogP) is 2.50. The van der Waals surface area contributed by atoms with E-state index in [9.17, 15) is 4.79 Å². The van der Waals surface area contributed by atoms with Crippen LogP contribution in [-0.4, -0.2) is 25.7 Å². The zero-order valence-corrected chi connectivity index (χ0v) is 11.5. The summed E-state index contributed by atoms with van der Waals surface area (Å²) in [5.74, 6) is -0.370. The van der Waals surface area contributed by atoms with Gasteiger partial charge in [0.05, 0.1) is 23.2 Å². The molecule has 1 atom stereocenters. The molecule has 1 aromatic carbocycles. The van der Waals surface area contributed by atoms with E-state index in [0.717, 1.165) is 5.69 Å². The van der Waals surface area contributed by atoms with Crippen LogP contribution in [0, 0.1) is 5.92 Å². The highest BCUT2D eigenvalue weighted by Crippen LogP contribution is 2.30. The van der Waals surface area contributed by atoms with Gasteiger partial charge in [-0.1, -0.05) is 23.2 Å². The second kappa shape index (κ2) is 5.78. The van der Waals surface area contributed by atoms with Gasteiger partial charge in [-0.15, -0.1) is 0 Å². The van der Waals surface area contributed by atoms with E-state index in [4.69, 9.17) is 27.9 Å². The maximum atomic E-state index is 11.6. The van der Waals surface area contributed by atoms with Crippen LogP contribution in [0.1, 0.15) is 6.92 Å². The van der Waals surface area contributed by atoms with Gasteiger partial charge in [-0.05, 0) is 25.1 Å². The zero-order chi connectivity index (χ0) is 13.1. The van der Waals surface area contributed by atoms with Crippen molar-refractivity contribution in [2.24, 2.45) is 5.92 Å². The summed E-state index contributed by atoms with van der Waals surface area (Å²) in [7, 11) is 0. The van der Waals surface area contributed by atoms with Gasteiger partial charge in [0.1, 0.15) is 0 Å². The van der Waals surface area contributed by atoms with Crippen LogP contribution in [0.3, 0.4) is 0 Å². The topological polar surface area (TPSA) is 41.6 Å². The Morgan fingerprint density at radius 2 is 2.33 bits per heavy atom. The van der Waals surface area contributed by atoms with Crippen molar-refractivity contribution in [3.8, 4) is 0 Å². The minimum absolute atomic E-state index is 0.181. The Bertz CT molecular complexity index is 454. The molecule has 1 aliphatic heterocycles. The van der Waals surface area contributed by atoms with Crippen LogP contribution < -0.4 is 10.4 Å². The summed E-state index contributed by atoms with van der Waals surface area (Å²) in [5, 5.41) is 3.03. The Morgan fingerprint density at radius 3 is 3.06 bits per heavy atom. The van der Waals surface area contributed by atoms with E-state index >= 15 is 0 Å². The molecule has 6 heteroatoms. The van der Waals surface area contributed by atoms with Crippen LogP contribution in [0.4, 0.5) is 5.69 Å². The summed E-state index contributed by atoms with van der Waals surface area (Å²) in [6.07, 6.45) is 0. The molecule has 0 aromatic heterocycles. The van der Waals surface area contributed by atoms with E-state index in [-0.39, 0.29) is 11.9 Å². The fraction of sp³-hybridized carbons (Fsp3) is 0.417. The monoisotopic (exact) mass is 288 g/mol. The molecular formula is C12H14Cl2N2O2. The maximum absolute atomic E-state index is 11.6. The first-order valence-electron chi connectivity index (χ1n) is 5.74. The van der Waals surface area contributed by atoms with Crippen molar-refractivity contribution in [1.82, 2.24) is 5.43 Å². The van der Waals surface area contributed by atoms with E-state index < -0.39 is 0 Å². The quantitative estimate of drug-likeness (QED) is 0.868.